The lowest BCUT2D eigenvalue weighted by Crippen LogP contribution is -2.48. The first-order valence-corrected chi connectivity index (χ1v) is 8.93. The summed E-state index contributed by atoms with van der Waals surface area (Å²) >= 11 is 7.82. The van der Waals surface area contributed by atoms with E-state index in [0.29, 0.717) is 0 Å². The lowest BCUT2D eigenvalue weighted by atomic mass is 9.74. The standard InChI is InChI=1S/C16H26ClNOS/c1-4-18-15(13-8-9-14(17)20-13)16(19-5-2)10-6-7-12(3)11-16/h8-9,12,15,18H,4-7,10-11H2,1-3H3. The molecule has 3 atom stereocenters. The zero-order chi connectivity index (χ0) is 14.6. The average Bonchev–Trinajstić information content (AvgIpc) is 2.82. The van der Waals surface area contributed by atoms with Gasteiger partial charge in [0.25, 0.3) is 0 Å². The Balaban J connectivity index is 2.31. The molecule has 114 valence electrons. The number of ether oxygens (including phenoxy) is 1. The van der Waals surface area contributed by atoms with Crippen LogP contribution in [0.3, 0.4) is 0 Å². The van der Waals surface area contributed by atoms with E-state index in [0.717, 1.165) is 36.2 Å². The van der Waals surface area contributed by atoms with E-state index in [4.69, 9.17) is 16.3 Å². The number of likely N-dealkylation sites (N-methyl/N-ethyl adjacent to an activating group) is 1. The molecule has 0 spiro atoms. The first kappa shape index (κ1) is 16.3. The van der Waals surface area contributed by atoms with Crippen LogP contribution in [-0.2, 0) is 4.74 Å². The molecule has 0 radical (unpaired) electrons. The van der Waals surface area contributed by atoms with E-state index in [1.807, 2.05) is 6.07 Å². The smallest absolute Gasteiger partial charge is 0.0931 e. The van der Waals surface area contributed by atoms with Crippen LogP contribution in [-0.4, -0.2) is 18.8 Å². The summed E-state index contributed by atoms with van der Waals surface area (Å²) in [5.41, 5.74) is -0.0728. The average molecular weight is 316 g/mol. The molecule has 2 rings (SSSR count). The molecule has 1 fully saturated rings. The first-order valence-electron chi connectivity index (χ1n) is 7.74. The van der Waals surface area contributed by atoms with Gasteiger partial charge >= 0.3 is 0 Å². The van der Waals surface area contributed by atoms with Crippen LogP contribution in [0.25, 0.3) is 0 Å². The number of rotatable bonds is 6. The van der Waals surface area contributed by atoms with E-state index in [2.05, 4.69) is 32.2 Å². The Kier molecular flexibility index (Phi) is 5.91. The summed E-state index contributed by atoms with van der Waals surface area (Å²) in [7, 11) is 0. The normalized spacial score (nSPS) is 28.5. The maximum Gasteiger partial charge on any atom is 0.0931 e. The maximum absolute atomic E-state index is 6.32. The molecule has 1 saturated carbocycles. The van der Waals surface area contributed by atoms with Gasteiger partial charge in [0.05, 0.1) is 16.0 Å². The zero-order valence-electron chi connectivity index (χ0n) is 12.7. The summed E-state index contributed by atoms with van der Waals surface area (Å²) in [6, 6.07) is 4.41. The molecule has 1 aromatic heterocycles. The fourth-order valence-electron chi connectivity index (χ4n) is 3.54. The van der Waals surface area contributed by atoms with Crippen molar-refractivity contribution in [3.8, 4) is 0 Å². The van der Waals surface area contributed by atoms with Gasteiger partial charge in [-0.2, -0.15) is 0 Å². The van der Waals surface area contributed by atoms with Crippen LogP contribution in [0.2, 0.25) is 4.34 Å². The molecule has 0 amide bonds. The number of hydrogen-bond acceptors (Lipinski definition) is 3. The van der Waals surface area contributed by atoms with Crippen molar-refractivity contribution in [2.45, 2.75) is 58.1 Å². The van der Waals surface area contributed by atoms with Gasteiger partial charge in [0.1, 0.15) is 0 Å². The van der Waals surface area contributed by atoms with E-state index < -0.39 is 0 Å². The molecule has 4 heteroatoms. The lowest BCUT2D eigenvalue weighted by molar-refractivity contribution is -0.101. The molecule has 0 bridgehead atoms. The Bertz CT molecular complexity index is 418. The molecular weight excluding hydrogens is 290 g/mol. The molecule has 1 aliphatic rings. The third-order valence-electron chi connectivity index (χ3n) is 4.24. The summed E-state index contributed by atoms with van der Waals surface area (Å²) < 4.78 is 7.18. The quantitative estimate of drug-likeness (QED) is 0.794. The predicted molar refractivity (Wildman–Crippen MR) is 87.7 cm³/mol. The molecule has 1 N–H and O–H groups in total. The topological polar surface area (TPSA) is 21.3 Å². The second-order valence-corrected chi connectivity index (χ2v) is 7.58. The molecular formula is C16H26ClNOS. The highest BCUT2D eigenvalue weighted by Gasteiger charge is 2.43. The monoisotopic (exact) mass is 315 g/mol. The second-order valence-electron chi connectivity index (χ2n) is 5.83. The Morgan fingerprint density at radius 1 is 1.50 bits per heavy atom. The summed E-state index contributed by atoms with van der Waals surface area (Å²) in [5.74, 6) is 0.729. The summed E-state index contributed by atoms with van der Waals surface area (Å²) in [4.78, 5) is 1.31. The van der Waals surface area contributed by atoms with Crippen molar-refractivity contribution in [3.05, 3.63) is 21.3 Å². The lowest BCUT2D eigenvalue weighted by Gasteiger charge is -2.45. The van der Waals surface area contributed by atoms with Crippen molar-refractivity contribution >= 4 is 22.9 Å². The van der Waals surface area contributed by atoms with E-state index in [1.165, 1.54) is 17.7 Å². The Morgan fingerprint density at radius 3 is 2.85 bits per heavy atom. The molecule has 0 aromatic carbocycles. The van der Waals surface area contributed by atoms with E-state index >= 15 is 0 Å². The van der Waals surface area contributed by atoms with Crippen molar-refractivity contribution in [3.63, 3.8) is 0 Å². The highest BCUT2D eigenvalue weighted by molar-refractivity contribution is 7.16. The minimum absolute atomic E-state index is 0.0728. The predicted octanol–water partition coefficient (Wildman–Crippen LogP) is 5.04. The van der Waals surface area contributed by atoms with Crippen LogP contribution in [0.1, 0.15) is 57.4 Å². The van der Waals surface area contributed by atoms with Gasteiger partial charge in [0, 0.05) is 11.5 Å². The Hall–Kier alpha value is -0.0900. The van der Waals surface area contributed by atoms with E-state index in [-0.39, 0.29) is 11.6 Å². The number of thiophene rings is 1. The van der Waals surface area contributed by atoms with E-state index in [1.54, 1.807) is 11.3 Å². The SMILES string of the molecule is CCNC(c1ccc(Cl)s1)C1(OCC)CCCC(C)C1. The highest BCUT2D eigenvalue weighted by atomic mass is 35.5. The third kappa shape index (κ3) is 3.56. The molecule has 1 aliphatic carbocycles. The van der Waals surface area contributed by atoms with Gasteiger partial charge < -0.3 is 10.1 Å². The molecule has 2 nitrogen and oxygen atoms in total. The van der Waals surface area contributed by atoms with Gasteiger partial charge in [-0.25, -0.2) is 0 Å². The second kappa shape index (κ2) is 7.26. The van der Waals surface area contributed by atoms with Crippen molar-refractivity contribution in [1.82, 2.24) is 5.32 Å². The largest absolute Gasteiger partial charge is 0.373 e. The number of hydrogen-bond donors (Lipinski definition) is 1. The maximum atomic E-state index is 6.32. The van der Waals surface area contributed by atoms with Crippen LogP contribution in [0, 0.1) is 5.92 Å². The van der Waals surface area contributed by atoms with Crippen LogP contribution in [0.4, 0.5) is 0 Å². The van der Waals surface area contributed by atoms with Crippen LogP contribution in [0.15, 0.2) is 12.1 Å². The summed E-state index contributed by atoms with van der Waals surface area (Å²) in [6.07, 6.45) is 4.84. The van der Waals surface area contributed by atoms with Crippen molar-refractivity contribution < 1.29 is 4.74 Å². The zero-order valence-corrected chi connectivity index (χ0v) is 14.3. The minimum atomic E-state index is -0.0728. The van der Waals surface area contributed by atoms with Gasteiger partial charge in [-0.1, -0.05) is 38.3 Å². The third-order valence-corrected chi connectivity index (χ3v) is 5.53. The highest BCUT2D eigenvalue weighted by Crippen LogP contribution is 2.45. The fraction of sp³-hybridized carbons (Fsp3) is 0.750. The van der Waals surface area contributed by atoms with Gasteiger partial charge in [-0.3, -0.25) is 0 Å². The van der Waals surface area contributed by atoms with Gasteiger partial charge in [-0.05, 0) is 44.4 Å². The summed E-state index contributed by atoms with van der Waals surface area (Å²) in [5, 5.41) is 3.65. The van der Waals surface area contributed by atoms with Crippen molar-refractivity contribution in [2.75, 3.05) is 13.2 Å². The van der Waals surface area contributed by atoms with Gasteiger partial charge in [0.2, 0.25) is 0 Å². The Labute approximate surface area is 131 Å². The number of halogens is 1. The van der Waals surface area contributed by atoms with Crippen LogP contribution >= 0.6 is 22.9 Å². The molecule has 20 heavy (non-hydrogen) atoms. The Morgan fingerprint density at radius 2 is 2.30 bits per heavy atom. The number of nitrogens with one attached hydrogen (secondary N) is 1. The first-order chi connectivity index (χ1) is 9.61. The fourth-order valence-corrected chi connectivity index (χ4v) is 4.78. The summed E-state index contributed by atoms with van der Waals surface area (Å²) in [6.45, 7) is 8.33. The molecule has 0 aliphatic heterocycles. The van der Waals surface area contributed by atoms with Crippen LogP contribution < -0.4 is 5.32 Å². The van der Waals surface area contributed by atoms with Gasteiger partial charge in [0.15, 0.2) is 0 Å². The molecule has 1 aromatic rings. The van der Waals surface area contributed by atoms with E-state index in [9.17, 15) is 0 Å². The van der Waals surface area contributed by atoms with Gasteiger partial charge in [-0.15, -0.1) is 11.3 Å². The molecule has 1 heterocycles. The van der Waals surface area contributed by atoms with Crippen molar-refractivity contribution in [1.29, 1.82) is 0 Å². The van der Waals surface area contributed by atoms with Crippen LogP contribution in [0.5, 0.6) is 0 Å². The molecule has 3 unspecified atom stereocenters. The molecule has 0 saturated heterocycles. The van der Waals surface area contributed by atoms with Crippen molar-refractivity contribution in [2.24, 2.45) is 5.92 Å². The minimum Gasteiger partial charge on any atom is -0.373 e.